The molecule has 8 nitrogen and oxygen atoms in total. The van der Waals surface area contributed by atoms with Gasteiger partial charge in [0.2, 0.25) is 11.5 Å². The topological polar surface area (TPSA) is 85.4 Å². The number of hydrogen-bond acceptors (Lipinski definition) is 6. The molecule has 0 N–H and O–H groups in total. The number of benzene rings is 1. The van der Waals surface area contributed by atoms with Gasteiger partial charge in [0.15, 0.2) is 6.61 Å². The van der Waals surface area contributed by atoms with Crippen molar-refractivity contribution in [1.82, 2.24) is 9.96 Å². The predicted octanol–water partition coefficient (Wildman–Crippen LogP) is 1.37. The number of carbonyl (C=O) groups is 3. The Morgan fingerprint density at radius 1 is 1.19 bits per heavy atom. The minimum absolute atomic E-state index is 0.0674. The highest BCUT2D eigenvalue weighted by Crippen LogP contribution is 2.26. The zero-order chi connectivity index (χ0) is 20.2. The van der Waals surface area contributed by atoms with Crippen LogP contribution in [0.25, 0.3) is 0 Å². The summed E-state index contributed by atoms with van der Waals surface area (Å²) in [6.07, 6.45) is 0.931. The Morgan fingerprint density at radius 2 is 1.81 bits per heavy atom. The lowest BCUT2D eigenvalue weighted by atomic mass is 10.2. The van der Waals surface area contributed by atoms with Gasteiger partial charge in [-0.05, 0) is 17.7 Å². The molecule has 1 fully saturated rings. The van der Waals surface area contributed by atoms with E-state index in [1.165, 1.54) is 43.0 Å². The SMILES string of the molecule is CN(C)C(=O)CON(Cc1ccc(F)cc1)C(=O)/C=C1\OC(C)(C)OC1=O. The van der Waals surface area contributed by atoms with Crippen molar-refractivity contribution in [2.75, 3.05) is 20.7 Å². The maximum Gasteiger partial charge on any atom is 0.377 e. The van der Waals surface area contributed by atoms with Crippen LogP contribution < -0.4 is 0 Å². The summed E-state index contributed by atoms with van der Waals surface area (Å²) in [6, 6.07) is 5.43. The Balaban J connectivity index is 2.17. The van der Waals surface area contributed by atoms with Crippen molar-refractivity contribution >= 4 is 17.8 Å². The van der Waals surface area contributed by atoms with Gasteiger partial charge in [-0.25, -0.2) is 14.2 Å². The summed E-state index contributed by atoms with van der Waals surface area (Å²) in [5.74, 6) is -3.73. The maximum absolute atomic E-state index is 13.1. The lowest BCUT2D eigenvalue weighted by molar-refractivity contribution is -0.189. The van der Waals surface area contributed by atoms with Gasteiger partial charge in [0.1, 0.15) is 5.82 Å². The van der Waals surface area contributed by atoms with Crippen LogP contribution in [0, 0.1) is 5.82 Å². The molecule has 0 aromatic heterocycles. The van der Waals surface area contributed by atoms with Gasteiger partial charge in [0.25, 0.3) is 11.8 Å². The van der Waals surface area contributed by atoms with Crippen molar-refractivity contribution in [3.05, 3.63) is 47.5 Å². The largest absolute Gasteiger partial charge is 0.445 e. The second kappa shape index (κ2) is 8.17. The number of ether oxygens (including phenoxy) is 2. The number of halogens is 1. The molecular weight excluding hydrogens is 359 g/mol. The number of cyclic esters (lactones) is 1. The summed E-state index contributed by atoms with van der Waals surface area (Å²) < 4.78 is 23.3. The van der Waals surface area contributed by atoms with Crippen molar-refractivity contribution in [2.45, 2.75) is 26.2 Å². The van der Waals surface area contributed by atoms with Gasteiger partial charge in [-0.2, -0.15) is 0 Å². The fraction of sp³-hybridized carbons (Fsp3) is 0.389. The molecule has 1 heterocycles. The van der Waals surface area contributed by atoms with Gasteiger partial charge >= 0.3 is 5.97 Å². The predicted molar refractivity (Wildman–Crippen MR) is 90.9 cm³/mol. The molecule has 9 heteroatoms. The normalized spacial score (nSPS) is 16.6. The lowest BCUT2D eigenvalue weighted by Gasteiger charge is -2.21. The van der Waals surface area contributed by atoms with E-state index in [1.54, 1.807) is 14.1 Å². The van der Waals surface area contributed by atoms with E-state index in [0.717, 1.165) is 11.1 Å². The van der Waals surface area contributed by atoms with E-state index in [1.807, 2.05) is 0 Å². The summed E-state index contributed by atoms with van der Waals surface area (Å²) in [7, 11) is 3.09. The summed E-state index contributed by atoms with van der Waals surface area (Å²) in [4.78, 5) is 42.7. The Hall–Kier alpha value is -2.94. The first-order chi connectivity index (χ1) is 12.6. The number of hydroxylamine groups is 2. The third-order valence-corrected chi connectivity index (χ3v) is 3.48. The van der Waals surface area contributed by atoms with E-state index in [4.69, 9.17) is 14.3 Å². The molecule has 27 heavy (non-hydrogen) atoms. The molecule has 1 aromatic carbocycles. The second-order valence-electron chi connectivity index (χ2n) is 6.46. The quantitative estimate of drug-likeness (QED) is 0.421. The van der Waals surface area contributed by atoms with E-state index in [2.05, 4.69) is 0 Å². The van der Waals surface area contributed by atoms with Gasteiger partial charge in [-0.3, -0.25) is 14.4 Å². The highest BCUT2D eigenvalue weighted by atomic mass is 19.1. The van der Waals surface area contributed by atoms with E-state index in [-0.39, 0.29) is 24.8 Å². The molecule has 1 aromatic rings. The first-order valence-corrected chi connectivity index (χ1v) is 8.10. The molecule has 0 atom stereocenters. The van der Waals surface area contributed by atoms with Gasteiger partial charge in [0, 0.05) is 27.9 Å². The summed E-state index contributed by atoms with van der Waals surface area (Å²) in [5, 5.41) is 0.892. The van der Waals surface area contributed by atoms with E-state index >= 15 is 0 Å². The van der Waals surface area contributed by atoms with Crippen LogP contribution in [-0.2, 0) is 35.2 Å². The van der Waals surface area contributed by atoms with Gasteiger partial charge in [-0.1, -0.05) is 12.1 Å². The Kier molecular flexibility index (Phi) is 6.17. The monoisotopic (exact) mass is 380 g/mol. The van der Waals surface area contributed by atoms with Crippen molar-refractivity contribution in [2.24, 2.45) is 0 Å². The number of likely N-dealkylation sites (N-methyl/N-ethyl adjacent to an activating group) is 1. The Morgan fingerprint density at radius 3 is 2.33 bits per heavy atom. The summed E-state index contributed by atoms with van der Waals surface area (Å²) in [6.45, 7) is 2.60. The average Bonchev–Trinajstić information content (AvgIpc) is 2.84. The number of nitrogens with zero attached hydrogens (tertiary/aromatic N) is 2. The van der Waals surface area contributed by atoms with Crippen LogP contribution in [0.15, 0.2) is 36.1 Å². The zero-order valence-corrected chi connectivity index (χ0v) is 15.5. The third kappa shape index (κ3) is 5.78. The molecule has 1 aliphatic heterocycles. The fourth-order valence-corrected chi connectivity index (χ4v) is 2.08. The van der Waals surface area contributed by atoms with Crippen molar-refractivity contribution in [3.8, 4) is 0 Å². The van der Waals surface area contributed by atoms with Crippen LogP contribution in [0.5, 0.6) is 0 Å². The van der Waals surface area contributed by atoms with Crippen LogP contribution in [0.1, 0.15) is 19.4 Å². The molecule has 1 saturated heterocycles. The molecule has 0 saturated carbocycles. The molecule has 0 spiro atoms. The third-order valence-electron chi connectivity index (χ3n) is 3.48. The number of rotatable bonds is 6. The van der Waals surface area contributed by atoms with Crippen LogP contribution in [0.4, 0.5) is 4.39 Å². The number of amides is 2. The van der Waals surface area contributed by atoms with E-state index in [9.17, 15) is 18.8 Å². The Bertz CT molecular complexity index is 758. The van der Waals surface area contributed by atoms with Gasteiger partial charge in [0.05, 0.1) is 12.6 Å². The van der Waals surface area contributed by atoms with E-state index < -0.39 is 23.5 Å². The summed E-state index contributed by atoms with van der Waals surface area (Å²) >= 11 is 0. The maximum atomic E-state index is 13.1. The zero-order valence-electron chi connectivity index (χ0n) is 15.5. The average molecular weight is 380 g/mol. The number of carbonyl (C=O) groups excluding carboxylic acids is 3. The molecule has 146 valence electrons. The molecular formula is C18H21FN2O6. The number of hydrogen-bond donors (Lipinski definition) is 0. The minimum Gasteiger partial charge on any atom is -0.445 e. The van der Waals surface area contributed by atoms with Gasteiger partial charge in [-0.15, -0.1) is 0 Å². The van der Waals surface area contributed by atoms with E-state index in [0.29, 0.717) is 5.56 Å². The van der Waals surface area contributed by atoms with Crippen molar-refractivity contribution < 1.29 is 33.1 Å². The molecule has 0 aliphatic carbocycles. The van der Waals surface area contributed by atoms with Crippen LogP contribution in [0.3, 0.4) is 0 Å². The molecule has 0 unspecified atom stereocenters. The second-order valence-corrected chi connectivity index (χ2v) is 6.46. The molecule has 2 rings (SSSR count). The molecule has 0 bridgehead atoms. The first-order valence-electron chi connectivity index (χ1n) is 8.10. The smallest absolute Gasteiger partial charge is 0.377 e. The fourth-order valence-electron chi connectivity index (χ4n) is 2.08. The van der Waals surface area contributed by atoms with Gasteiger partial charge < -0.3 is 14.4 Å². The molecule has 0 radical (unpaired) electrons. The van der Waals surface area contributed by atoms with Crippen LogP contribution in [-0.4, -0.2) is 54.2 Å². The standard InChI is InChI=1S/C18H21FN2O6/c1-18(2)26-14(17(24)27-18)9-15(22)21(25-11-16(23)20(3)4)10-12-5-7-13(19)8-6-12/h5-9H,10-11H2,1-4H3/b14-9-. The highest BCUT2D eigenvalue weighted by Gasteiger charge is 2.38. The number of esters is 1. The lowest BCUT2D eigenvalue weighted by Crippen LogP contribution is -2.35. The highest BCUT2D eigenvalue weighted by molar-refractivity contribution is 5.97. The Labute approximate surface area is 156 Å². The van der Waals surface area contributed by atoms with Crippen molar-refractivity contribution in [3.63, 3.8) is 0 Å². The van der Waals surface area contributed by atoms with Crippen LogP contribution in [0.2, 0.25) is 0 Å². The van der Waals surface area contributed by atoms with Crippen molar-refractivity contribution in [1.29, 1.82) is 0 Å². The van der Waals surface area contributed by atoms with Crippen LogP contribution >= 0.6 is 0 Å². The summed E-state index contributed by atoms with van der Waals surface area (Å²) in [5.41, 5.74) is 0.565. The minimum atomic E-state index is -1.17. The molecule has 1 aliphatic rings. The first kappa shape index (κ1) is 20.4. The molecule has 2 amide bonds.